The Labute approximate surface area is 211 Å². The summed E-state index contributed by atoms with van der Waals surface area (Å²) in [6.45, 7) is 6.90. The van der Waals surface area contributed by atoms with Crippen molar-refractivity contribution in [2.24, 2.45) is 0 Å². The quantitative estimate of drug-likeness (QED) is 0.353. The molecule has 0 aliphatic heterocycles. The Kier molecular flexibility index (Phi) is 6.92. The Morgan fingerprint density at radius 1 is 0.889 bits per heavy atom. The number of nitrogens with one attached hydrogen (secondary N) is 1. The molecule has 1 N–H and O–H groups in total. The summed E-state index contributed by atoms with van der Waals surface area (Å²) in [5.74, 6) is -0.243. The van der Waals surface area contributed by atoms with E-state index in [1.807, 2.05) is 93.5 Å². The van der Waals surface area contributed by atoms with E-state index in [0.717, 1.165) is 33.6 Å². The number of aromatic nitrogens is 2. The lowest BCUT2D eigenvalue weighted by atomic mass is 10.0. The van der Waals surface area contributed by atoms with Crippen molar-refractivity contribution in [1.82, 2.24) is 9.78 Å². The normalized spacial score (nSPS) is 10.7. The van der Waals surface area contributed by atoms with Gasteiger partial charge in [0.15, 0.2) is 0 Å². The van der Waals surface area contributed by atoms with E-state index in [2.05, 4.69) is 11.4 Å². The Morgan fingerprint density at radius 3 is 2.08 bits per heavy atom. The molecule has 36 heavy (non-hydrogen) atoms. The van der Waals surface area contributed by atoms with E-state index in [4.69, 9.17) is 9.84 Å². The third-order valence-electron chi connectivity index (χ3n) is 5.82. The molecule has 0 saturated heterocycles. The summed E-state index contributed by atoms with van der Waals surface area (Å²) >= 11 is 0. The van der Waals surface area contributed by atoms with Gasteiger partial charge in [-0.2, -0.15) is 9.78 Å². The summed E-state index contributed by atoms with van der Waals surface area (Å²) in [7, 11) is 3.98. The van der Waals surface area contributed by atoms with Gasteiger partial charge in [0.25, 0.3) is 0 Å². The zero-order chi connectivity index (χ0) is 26.0. The van der Waals surface area contributed by atoms with Gasteiger partial charge in [-0.15, -0.1) is 0 Å². The number of carbonyl (C=O) groups excluding carboxylic acids is 2. The molecule has 0 saturated carbocycles. The van der Waals surface area contributed by atoms with E-state index in [1.165, 1.54) is 13.8 Å². The zero-order valence-corrected chi connectivity index (χ0v) is 21.4. The van der Waals surface area contributed by atoms with Crippen molar-refractivity contribution in [3.05, 3.63) is 77.9 Å². The second kappa shape index (κ2) is 10.1. The third-order valence-corrected chi connectivity index (χ3v) is 5.82. The molecule has 4 rings (SSSR count). The van der Waals surface area contributed by atoms with Gasteiger partial charge in [-0.3, -0.25) is 9.59 Å². The van der Waals surface area contributed by atoms with E-state index >= 15 is 0 Å². The van der Waals surface area contributed by atoms with Gasteiger partial charge in [-0.25, -0.2) is 0 Å². The maximum atomic E-state index is 12.2. The Hall–Kier alpha value is -4.39. The molecule has 0 bridgehead atoms. The van der Waals surface area contributed by atoms with Crippen molar-refractivity contribution >= 4 is 23.3 Å². The lowest BCUT2D eigenvalue weighted by Gasteiger charge is -2.13. The SMILES string of the molecule is CC(=O)Nc1ccc(-c2c(-c3ccc(N(C)C)cc3)nn(-c3ccc(C)cc3C)c2OC(C)=O)cc1. The lowest BCUT2D eigenvalue weighted by Crippen LogP contribution is -2.09. The first-order valence-electron chi connectivity index (χ1n) is 11.7. The van der Waals surface area contributed by atoms with Crippen molar-refractivity contribution < 1.29 is 14.3 Å². The summed E-state index contributed by atoms with van der Waals surface area (Å²) in [5, 5.41) is 7.76. The summed E-state index contributed by atoms with van der Waals surface area (Å²) in [6, 6.07) is 21.6. The number of hydrogen-bond donors (Lipinski definition) is 1. The summed E-state index contributed by atoms with van der Waals surface area (Å²) < 4.78 is 7.51. The van der Waals surface area contributed by atoms with E-state index in [1.54, 1.807) is 4.68 Å². The molecule has 0 atom stereocenters. The van der Waals surface area contributed by atoms with Crippen LogP contribution in [0.15, 0.2) is 66.7 Å². The topological polar surface area (TPSA) is 76.5 Å². The number of ether oxygens (including phenoxy) is 1. The average Bonchev–Trinajstić information content (AvgIpc) is 3.17. The molecular formula is C29H30N4O3. The average molecular weight is 483 g/mol. The van der Waals surface area contributed by atoms with Gasteiger partial charge in [-0.05, 0) is 55.3 Å². The molecule has 0 unspecified atom stereocenters. The van der Waals surface area contributed by atoms with E-state index < -0.39 is 5.97 Å². The maximum Gasteiger partial charge on any atom is 0.309 e. The van der Waals surface area contributed by atoms with Crippen LogP contribution in [0.5, 0.6) is 5.88 Å². The van der Waals surface area contributed by atoms with Crippen LogP contribution in [0.2, 0.25) is 0 Å². The van der Waals surface area contributed by atoms with E-state index in [9.17, 15) is 9.59 Å². The fraction of sp³-hybridized carbons (Fsp3) is 0.207. The van der Waals surface area contributed by atoms with Crippen LogP contribution >= 0.6 is 0 Å². The van der Waals surface area contributed by atoms with E-state index in [-0.39, 0.29) is 5.91 Å². The highest BCUT2D eigenvalue weighted by atomic mass is 16.5. The number of nitrogens with zero attached hydrogens (tertiary/aromatic N) is 3. The highest BCUT2D eigenvalue weighted by molar-refractivity contribution is 5.91. The number of amides is 1. The maximum absolute atomic E-state index is 12.2. The van der Waals surface area contributed by atoms with Crippen LogP contribution in [0, 0.1) is 13.8 Å². The van der Waals surface area contributed by atoms with Crippen molar-refractivity contribution in [2.75, 3.05) is 24.3 Å². The number of carbonyl (C=O) groups is 2. The first kappa shape index (κ1) is 24.7. The van der Waals surface area contributed by atoms with Crippen molar-refractivity contribution in [3.8, 4) is 34.0 Å². The van der Waals surface area contributed by atoms with Gasteiger partial charge in [0.1, 0.15) is 5.69 Å². The molecule has 3 aromatic carbocycles. The summed E-state index contributed by atoms with van der Waals surface area (Å²) in [6.07, 6.45) is 0. The second-order valence-corrected chi connectivity index (χ2v) is 9.02. The predicted molar refractivity (Wildman–Crippen MR) is 144 cm³/mol. The monoisotopic (exact) mass is 482 g/mol. The molecule has 7 heteroatoms. The summed E-state index contributed by atoms with van der Waals surface area (Å²) in [4.78, 5) is 25.8. The molecule has 7 nitrogen and oxygen atoms in total. The second-order valence-electron chi connectivity index (χ2n) is 9.02. The molecule has 1 aromatic heterocycles. The fourth-order valence-electron chi connectivity index (χ4n) is 4.14. The van der Waals surface area contributed by atoms with Crippen LogP contribution in [-0.2, 0) is 9.59 Å². The smallest absolute Gasteiger partial charge is 0.309 e. The minimum absolute atomic E-state index is 0.146. The predicted octanol–water partition coefficient (Wildman–Crippen LogP) is 5.77. The number of esters is 1. The summed E-state index contributed by atoms with van der Waals surface area (Å²) in [5.41, 5.74) is 7.78. The molecular weight excluding hydrogens is 452 g/mol. The molecule has 0 aliphatic carbocycles. The zero-order valence-electron chi connectivity index (χ0n) is 21.4. The Morgan fingerprint density at radius 2 is 1.53 bits per heavy atom. The van der Waals surface area contributed by atoms with Crippen molar-refractivity contribution in [1.29, 1.82) is 0 Å². The van der Waals surface area contributed by atoms with Crippen LogP contribution in [0.1, 0.15) is 25.0 Å². The van der Waals surface area contributed by atoms with Crippen LogP contribution in [-0.4, -0.2) is 35.8 Å². The van der Waals surface area contributed by atoms with Crippen LogP contribution < -0.4 is 15.0 Å². The minimum atomic E-state index is -0.438. The number of rotatable bonds is 6. The number of aryl methyl sites for hydroxylation is 2. The van der Waals surface area contributed by atoms with Crippen molar-refractivity contribution in [3.63, 3.8) is 0 Å². The standard InChI is InChI=1S/C29H30N4O3/c1-18-7-16-26(19(2)17-18)33-29(36-21(4)35)27(22-8-12-24(13-9-22)30-20(3)34)28(31-33)23-10-14-25(15-11-23)32(5)6/h7-17H,1-6H3,(H,30,34). The molecule has 0 radical (unpaired) electrons. The van der Waals surface area contributed by atoms with Gasteiger partial charge in [0.2, 0.25) is 11.8 Å². The van der Waals surface area contributed by atoms with Crippen molar-refractivity contribution in [2.45, 2.75) is 27.7 Å². The largest absolute Gasteiger partial charge is 0.407 e. The van der Waals surface area contributed by atoms with Gasteiger partial charge in [0, 0.05) is 44.9 Å². The van der Waals surface area contributed by atoms with Gasteiger partial charge in [-0.1, -0.05) is 42.0 Å². The number of anilines is 2. The minimum Gasteiger partial charge on any atom is -0.407 e. The fourth-order valence-corrected chi connectivity index (χ4v) is 4.14. The van der Waals surface area contributed by atoms with Crippen LogP contribution in [0.4, 0.5) is 11.4 Å². The molecule has 0 spiro atoms. The third kappa shape index (κ3) is 5.15. The van der Waals surface area contributed by atoms with Crippen LogP contribution in [0.3, 0.4) is 0 Å². The molecule has 1 heterocycles. The molecule has 184 valence electrons. The Balaban J connectivity index is 1.98. The highest BCUT2D eigenvalue weighted by Gasteiger charge is 2.25. The lowest BCUT2D eigenvalue weighted by molar-refractivity contribution is -0.132. The van der Waals surface area contributed by atoms with Gasteiger partial charge < -0.3 is 15.0 Å². The van der Waals surface area contributed by atoms with Gasteiger partial charge in [0.05, 0.1) is 11.3 Å². The van der Waals surface area contributed by atoms with E-state index in [0.29, 0.717) is 22.8 Å². The number of benzene rings is 3. The van der Waals surface area contributed by atoms with Gasteiger partial charge >= 0.3 is 5.97 Å². The van der Waals surface area contributed by atoms with Crippen LogP contribution in [0.25, 0.3) is 28.1 Å². The first-order valence-corrected chi connectivity index (χ1v) is 11.7. The highest BCUT2D eigenvalue weighted by Crippen LogP contribution is 2.42. The first-order chi connectivity index (χ1) is 17.1. The molecule has 0 fully saturated rings. The molecule has 0 aliphatic rings. The molecule has 1 amide bonds. The number of hydrogen-bond acceptors (Lipinski definition) is 5. The molecule has 4 aromatic rings. The Bertz CT molecular complexity index is 1420.